The third-order valence-corrected chi connectivity index (χ3v) is 2.08. The van der Waals surface area contributed by atoms with Crippen LogP contribution in [0.15, 0.2) is 42.5 Å². The molecule has 0 amide bonds. The second kappa shape index (κ2) is 4.82. The smallest absolute Gasteiger partial charge is 0.339 e. The lowest BCUT2D eigenvalue weighted by Crippen LogP contribution is -2.10. The van der Waals surface area contributed by atoms with Crippen molar-refractivity contribution in [3.05, 3.63) is 42.5 Å². The molecule has 2 nitrogen and oxygen atoms in total. The first-order chi connectivity index (χ1) is 6.24. The number of hydrogen-bond donors (Lipinski definition) is 0. The highest BCUT2D eigenvalue weighted by atomic mass is 79.9. The lowest BCUT2D eigenvalue weighted by Gasteiger charge is -2.03. The number of benzene rings is 1. The molecule has 0 heterocycles. The molecule has 0 spiro atoms. The highest BCUT2D eigenvalue weighted by Gasteiger charge is 2.07. The molecule has 0 aliphatic carbocycles. The van der Waals surface area contributed by atoms with Crippen LogP contribution in [0.3, 0.4) is 0 Å². The highest BCUT2D eigenvalue weighted by Crippen LogP contribution is 2.10. The van der Waals surface area contributed by atoms with E-state index in [4.69, 9.17) is 4.74 Å². The van der Waals surface area contributed by atoms with Gasteiger partial charge in [0.1, 0.15) is 5.75 Å². The first-order valence-corrected chi connectivity index (χ1v) is 4.87. The van der Waals surface area contributed by atoms with Crippen LogP contribution < -0.4 is 4.74 Å². The molecule has 3 heteroatoms. The van der Waals surface area contributed by atoms with E-state index in [9.17, 15) is 4.79 Å². The molecule has 0 bridgehead atoms. The van der Waals surface area contributed by atoms with Crippen LogP contribution >= 0.6 is 15.9 Å². The summed E-state index contributed by atoms with van der Waals surface area (Å²) >= 11 is 3.13. The Hall–Kier alpha value is -1.09. The van der Waals surface area contributed by atoms with Gasteiger partial charge in [0.15, 0.2) is 0 Å². The van der Waals surface area contributed by atoms with Gasteiger partial charge >= 0.3 is 5.97 Å². The molecule has 0 saturated heterocycles. The van der Waals surface area contributed by atoms with Gasteiger partial charge in [0.2, 0.25) is 0 Å². The summed E-state index contributed by atoms with van der Waals surface area (Å²) in [6, 6.07) is 8.91. The Morgan fingerprint density at radius 1 is 1.38 bits per heavy atom. The van der Waals surface area contributed by atoms with E-state index in [1.165, 1.54) is 0 Å². The van der Waals surface area contributed by atoms with Gasteiger partial charge in [-0.1, -0.05) is 40.7 Å². The molecule has 0 saturated carbocycles. The van der Waals surface area contributed by atoms with Gasteiger partial charge < -0.3 is 4.74 Å². The number of para-hydroxylation sites is 1. The molecular weight excluding hydrogens is 232 g/mol. The van der Waals surface area contributed by atoms with Crippen molar-refractivity contribution in [3.63, 3.8) is 0 Å². The Balaban J connectivity index is 2.60. The molecule has 1 aromatic rings. The second-order valence-electron chi connectivity index (χ2n) is 2.44. The van der Waals surface area contributed by atoms with Gasteiger partial charge in [-0.15, -0.1) is 0 Å². The first-order valence-electron chi connectivity index (χ1n) is 3.75. The van der Waals surface area contributed by atoms with Crippen LogP contribution in [-0.4, -0.2) is 11.3 Å². The number of rotatable bonds is 3. The average molecular weight is 241 g/mol. The van der Waals surface area contributed by atoms with E-state index in [1.54, 1.807) is 24.3 Å². The topological polar surface area (TPSA) is 26.3 Å². The summed E-state index contributed by atoms with van der Waals surface area (Å²) in [6.07, 6.45) is 0. The fourth-order valence-corrected chi connectivity index (χ4v) is 0.951. The van der Waals surface area contributed by atoms with Crippen molar-refractivity contribution in [2.45, 2.75) is 0 Å². The fraction of sp³-hybridized carbons (Fsp3) is 0.100. The minimum absolute atomic E-state index is 0.400. The van der Waals surface area contributed by atoms with Crippen LogP contribution in [0, 0.1) is 0 Å². The van der Waals surface area contributed by atoms with Gasteiger partial charge in [0.25, 0.3) is 0 Å². The molecule has 0 N–H and O–H groups in total. The van der Waals surface area contributed by atoms with E-state index >= 15 is 0 Å². The number of alkyl halides is 1. The van der Waals surface area contributed by atoms with Crippen LogP contribution in [0.5, 0.6) is 5.75 Å². The van der Waals surface area contributed by atoms with Gasteiger partial charge in [-0.2, -0.15) is 0 Å². The summed E-state index contributed by atoms with van der Waals surface area (Å²) in [5.41, 5.74) is 0.406. The number of ether oxygens (including phenoxy) is 1. The van der Waals surface area contributed by atoms with Crippen molar-refractivity contribution in [3.8, 4) is 5.75 Å². The number of carbonyl (C=O) groups is 1. The number of carbonyl (C=O) groups excluding carboxylic acids is 1. The van der Waals surface area contributed by atoms with E-state index < -0.39 is 5.97 Å². The molecule has 0 aliphatic heterocycles. The van der Waals surface area contributed by atoms with Gasteiger partial charge in [0, 0.05) is 10.9 Å². The number of halogens is 1. The summed E-state index contributed by atoms with van der Waals surface area (Å²) in [7, 11) is 0. The van der Waals surface area contributed by atoms with Crippen molar-refractivity contribution in [1.29, 1.82) is 0 Å². The maximum absolute atomic E-state index is 11.2. The van der Waals surface area contributed by atoms with Gasteiger partial charge in [-0.3, -0.25) is 0 Å². The normalized spacial score (nSPS) is 9.31. The summed E-state index contributed by atoms with van der Waals surface area (Å²) < 4.78 is 5.00. The second-order valence-corrected chi connectivity index (χ2v) is 3.00. The molecule has 1 rings (SSSR count). The fourth-order valence-electron chi connectivity index (χ4n) is 0.722. The quantitative estimate of drug-likeness (QED) is 0.352. The highest BCUT2D eigenvalue weighted by molar-refractivity contribution is 9.09. The lowest BCUT2D eigenvalue weighted by atomic mass is 10.3. The zero-order valence-electron chi connectivity index (χ0n) is 7.00. The molecular formula is C10H9BrO2. The van der Waals surface area contributed by atoms with Crippen molar-refractivity contribution in [2.75, 3.05) is 5.33 Å². The number of hydrogen-bond acceptors (Lipinski definition) is 2. The summed E-state index contributed by atoms with van der Waals surface area (Å²) in [6.45, 7) is 3.55. The Kier molecular flexibility index (Phi) is 3.71. The monoisotopic (exact) mass is 240 g/mol. The zero-order valence-corrected chi connectivity index (χ0v) is 8.58. The molecule has 0 aromatic heterocycles. The average Bonchev–Trinajstić information content (AvgIpc) is 2.18. The van der Waals surface area contributed by atoms with Crippen molar-refractivity contribution >= 4 is 21.9 Å². The molecule has 0 atom stereocenters. The molecule has 68 valence electrons. The van der Waals surface area contributed by atoms with Crippen molar-refractivity contribution in [1.82, 2.24) is 0 Å². The zero-order chi connectivity index (χ0) is 9.68. The standard InChI is InChI=1S/C10H9BrO2/c1-8(7-11)10(12)13-9-5-3-2-4-6-9/h2-6H,1,7H2. The lowest BCUT2D eigenvalue weighted by molar-refractivity contribution is -0.130. The van der Waals surface area contributed by atoms with Crippen LogP contribution in [0.2, 0.25) is 0 Å². The predicted octanol–water partition coefficient (Wildman–Crippen LogP) is 2.54. The summed E-state index contributed by atoms with van der Waals surface area (Å²) in [5, 5.41) is 0.429. The summed E-state index contributed by atoms with van der Waals surface area (Å²) in [5.74, 6) is 0.137. The van der Waals surface area contributed by atoms with Crippen LogP contribution in [0.25, 0.3) is 0 Å². The largest absolute Gasteiger partial charge is 0.423 e. The Labute approximate surface area is 85.3 Å². The van der Waals surface area contributed by atoms with Gasteiger partial charge in [0.05, 0.1) is 0 Å². The predicted molar refractivity (Wildman–Crippen MR) is 55.0 cm³/mol. The maximum Gasteiger partial charge on any atom is 0.339 e. The summed E-state index contributed by atoms with van der Waals surface area (Å²) in [4.78, 5) is 11.2. The molecule has 0 radical (unpaired) electrons. The van der Waals surface area contributed by atoms with E-state index in [-0.39, 0.29) is 0 Å². The SMILES string of the molecule is C=C(CBr)C(=O)Oc1ccccc1. The third kappa shape index (κ3) is 3.03. The van der Waals surface area contributed by atoms with Gasteiger partial charge in [-0.05, 0) is 12.1 Å². The minimum atomic E-state index is -0.400. The Morgan fingerprint density at radius 3 is 2.54 bits per heavy atom. The first kappa shape index (κ1) is 9.99. The van der Waals surface area contributed by atoms with Crippen molar-refractivity contribution in [2.24, 2.45) is 0 Å². The third-order valence-electron chi connectivity index (χ3n) is 1.40. The molecule has 13 heavy (non-hydrogen) atoms. The Bertz CT molecular complexity index is 306. The molecule has 0 aliphatic rings. The molecule has 1 aromatic carbocycles. The molecule has 0 unspecified atom stereocenters. The van der Waals surface area contributed by atoms with E-state index in [0.29, 0.717) is 16.7 Å². The molecule has 0 fully saturated rings. The number of esters is 1. The van der Waals surface area contributed by atoms with Crippen LogP contribution in [0.4, 0.5) is 0 Å². The van der Waals surface area contributed by atoms with Crippen molar-refractivity contribution < 1.29 is 9.53 Å². The Morgan fingerprint density at radius 2 is 2.00 bits per heavy atom. The van der Waals surface area contributed by atoms with E-state index in [2.05, 4.69) is 22.5 Å². The minimum Gasteiger partial charge on any atom is -0.423 e. The van der Waals surface area contributed by atoms with E-state index in [1.807, 2.05) is 6.07 Å². The van der Waals surface area contributed by atoms with Crippen LogP contribution in [0.1, 0.15) is 0 Å². The van der Waals surface area contributed by atoms with Crippen LogP contribution in [-0.2, 0) is 4.79 Å². The van der Waals surface area contributed by atoms with E-state index in [0.717, 1.165) is 0 Å². The maximum atomic E-state index is 11.2. The van der Waals surface area contributed by atoms with Gasteiger partial charge in [-0.25, -0.2) is 4.79 Å².